The number of ether oxygens (including phenoxy) is 1. The molecular weight excluding hydrogens is 170 g/mol. The Bertz CT molecular complexity index is 149. The highest BCUT2D eigenvalue weighted by Gasteiger charge is 2.30. The van der Waals surface area contributed by atoms with E-state index in [9.17, 15) is 0 Å². The summed E-state index contributed by atoms with van der Waals surface area (Å²) in [6, 6.07) is 0. The van der Waals surface area contributed by atoms with Crippen molar-refractivity contribution in [1.29, 1.82) is 0 Å². The SMILES string of the molecule is CC1CN(CCS)CC(C)(C)O1. The lowest BCUT2D eigenvalue weighted by molar-refractivity contribution is -0.127. The zero-order chi connectivity index (χ0) is 9.19. The minimum Gasteiger partial charge on any atom is -0.370 e. The zero-order valence-corrected chi connectivity index (χ0v) is 9.10. The summed E-state index contributed by atoms with van der Waals surface area (Å²) in [5.41, 5.74) is 0.0145. The van der Waals surface area contributed by atoms with Gasteiger partial charge in [-0.3, -0.25) is 4.90 Å². The molecule has 0 N–H and O–H groups in total. The average Bonchev–Trinajstić information content (AvgIpc) is 1.82. The first-order valence-corrected chi connectivity index (χ1v) is 5.18. The molecule has 3 heteroatoms. The first-order valence-electron chi connectivity index (χ1n) is 4.54. The Hall–Kier alpha value is 0.270. The van der Waals surface area contributed by atoms with Gasteiger partial charge in [0.15, 0.2) is 0 Å². The maximum atomic E-state index is 5.78. The Kier molecular flexibility index (Phi) is 3.44. The average molecular weight is 189 g/mol. The second-order valence-electron chi connectivity index (χ2n) is 4.15. The molecule has 1 rings (SSSR count). The summed E-state index contributed by atoms with van der Waals surface area (Å²) in [5, 5.41) is 0. The lowest BCUT2D eigenvalue weighted by Crippen LogP contribution is -2.52. The summed E-state index contributed by atoms with van der Waals surface area (Å²) in [6.45, 7) is 9.57. The molecule has 0 saturated carbocycles. The van der Waals surface area contributed by atoms with Crippen LogP contribution in [0.2, 0.25) is 0 Å². The summed E-state index contributed by atoms with van der Waals surface area (Å²) < 4.78 is 5.78. The van der Waals surface area contributed by atoms with Crippen molar-refractivity contribution in [2.45, 2.75) is 32.5 Å². The van der Waals surface area contributed by atoms with Crippen LogP contribution in [0.3, 0.4) is 0 Å². The molecule has 0 aromatic rings. The highest BCUT2D eigenvalue weighted by atomic mass is 32.1. The van der Waals surface area contributed by atoms with Crippen molar-refractivity contribution in [3.05, 3.63) is 0 Å². The van der Waals surface area contributed by atoms with E-state index >= 15 is 0 Å². The molecule has 0 amide bonds. The van der Waals surface area contributed by atoms with Crippen molar-refractivity contribution in [3.63, 3.8) is 0 Å². The normalized spacial score (nSPS) is 30.5. The van der Waals surface area contributed by atoms with E-state index in [0.717, 1.165) is 25.4 Å². The van der Waals surface area contributed by atoms with Crippen LogP contribution in [-0.4, -0.2) is 42.0 Å². The largest absolute Gasteiger partial charge is 0.370 e. The fourth-order valence-corrected chi connectivity index (χ4v) is 2.18. The van der Waals surface area contributed by atoms with Crippen LogP contribution >= 0.6 is 12.6 Å². The molecule has 1 aliphatic heterocycles. The molecule has 1 heterocycles. The highest BCUT2D eigenvalue weighted by Crippen LogP contribution is 2.20. The van der Waals surface area contributed by atoms with E-state index in [4.69, 9.17) is 4.74 Å². The summed E-state index contributed by atoms with van der Waals surface area (Å²) >= 11 is 4.23. The summed E-state index contributed by atoms with van der Waals surface area (Å²) in [4.78, 5) is 2.42. The molecule has 12 heavy (non-hydrogen) atoms. The second kappa shape index (κ2) is 3.99. The third-order valence-corrected chi connectivity index (χ3v) is 2.26. The first-order chi connectivity index (χ1) is 5.53. The maximum absolute atomic E-state index is 5.78. The third kappa shape index (κ3) is 2.96. The van der Waals surface area contributed by atoms with Gasteiger partial charge in [0, 0.05) is 25.4 Å². The van der Waals surface area contributed by atoms with Crippen LogP contribution in [0.15, 0.2) is 0 Å². The van der Waals surface area contributed by atoms with Crippen molar-refractivity contribution in [1.82, 2.24) is 4.90 Å². The number of morpholine rings is 1. The van der Waals surface area contributed by atoms with Crippen LogP contribution in [0.4, 0.5) is 0 Å². The Morgan fingerprint density at radius 2 is 2.25 bits per heavy atom. The summed E-state index contributed by atoms with van der Waals surface area (Å²) in [6.07, 6.45) is 0.355. The lowest BCUT2D eigenvalue weighted by Gasteiger charge is -2.41. The van der Waals surface area contributed by atoms with Gasteiger partial charge in [-0.15, -0.1) is 0 Å². The number of rotatable bonds is 2. The van der Waals surface area contributed by atoms with Gasteiger partial charge in [-0.25, -0.2) is 0 Å². The number of hydrogen-bond donors (Lipinski definition) is 1. The molecule has 0 spiro atoms. The molecule has 1 unspecified atom stereocenters. The highest BCUT2D eigenvalue weighted by molar-refractivity contribution is 7.80. The van der Waals surface area contributed by atoms with E-state index in [0.29, 0.717) is 6.10 Å². The number of thiol groups is 1. The van der Waals surface area contributed by atoms with Gasteiger partial charge in [0.1, 0.15) is 0 Å². The predicted molar refractivity (Wildman–Crippen MR) is 54.9 cm³/mol. The summed E-state index contributed by atoms with van der Waals surface area (Å²) in [7, 11) is 0. The number of nitrogens with zero attached hydrogens (tertiary/aromatic N) is 1. The molecule has 0 radical (unpaired) electrons. The Morgan fingerprint density at radius 3 is 2.75 bits per heavy atom. The standard InChI is InChI=1S/C9H19NOS/c1-8-6-10(4-5-12)7-9(2,3)11-8/h8,12H,4-7H2,1-3H3. The van der Waals surface area contributed by atoms with E-state index in [1.807, 2.05) is 0 Å². The Balaban J connectivity index is 2.46. The second-order valence-corrected chi connectivity index (χ2v) is 4.59. The predicted octanol–water partition coefficient (Wildman–Crippen LogP) is 1.42. The van der Waals surface area contributed by atoms with Gasteiger partial charge in [0.2, 0.25) is 0 Å². The Morgan fingerprint density at radius 1 is 1.58 bits per heavy atom. The van der Waals surface area contributed by atoms with E-state index < -0.39 is 0 Å². The van der Waals surface area contributed by atoms with Crippen LogP contribution in [0.5, 0.6) is 0 Å². The van der Waals surface area contributed by atoms with Gasteiger partial charge < -0.3 is 4.74 Å². The van der Waals surface area contributed by atoms with E-state index in [2.05, 4.69) is 38.3 Å². The number of hydrogen-bond acceptors (Lipinski definition) is 3. The monoisotopic (exact) mass is 189 g/mol. The van der Waals surface area contributed by atoms with Gasteiger partial charge in [0.05, 0.1) is 11.7 Å². The van der Waals surface area contributed by atoms with Gasteiger partial charge in [-0.2, -0.15) is 12.6 Å². The van der Waals surface area contributed by atoms with Crippen molar-refractivity contribution < 1.29 is 4.74 Å². The van der Waals surface area contributed by atoms with Crippen molar-refractivity contribution in [2.75, 3.05) is 25.4 Å². The molecule has 0 aromatic carbocycles. The summed E-state index contributed by atoms with van der Waals surface area (Å²) in [5.74, 6) is 0.933. The maximum Gasteiger partial charge on any atom is 0.0757 e. The van der Waals surface area contributed by atoms with E-state index in [-0.39, 0.29) is 5.60 Å². The van der Waals surface area contributed by atoms with Gasteiger partial charge in [-0.1, -0.05) is 0 Å². The van der Waals surface area contributed by atoms with E-state index in [1.54, 1.807) is 0 Å². The van der Waals surface area contributed by atoms with Gasteiger partial charge in [-0.05, 0) is 20.8 Å². The molecular formula is C9H19NOS. The van der Waals surface area contributed by atoms with Crippen molar-refractivity contribution in [3.8, 4) is 0 Å². The quantitative estimate of drug-likeness (QED) is 0.660. The molecule has 2 nitrogen and oxygen atoms in total. The molecule has 0 bridgehead atoms. The first kappa shape index (κ1) is 10.4. The van der Waals surface area contributed by atoms with Crippen LogP contribution in [-0.2, 0) is 4.74 Å². The van der Waals surface area contributed by atoms with Crippen LogP contribution in [0, 0.1) is 0 Å². The smallest absolute Gasteiger partial charge is 0.0757 e. The lowest BCUT2D eigenvalue weighted by atomic mass is 10.1. The molecule has 1 fully saturated rings. The van der Waals surface area contributed by atoms with Crippen molar-refractivity contribution >= 4 is 12.6 Å². The third-order valence-electron chi connectivity index (χ3n) is 2.06. The van der Waals surface area contributed by atoms with Gasteiger partial charge >= 0.3 is 0 Å². The minimum absolute atomic E-state index is 0.0145. The fraction of sp³-hybridized carbons (Fsp3) is 1.00. The van der Waals surface area contributed by atoms with Crippen LogP contribution in [0.25, 0.3) is 0 Å². The fourth-order valence-electron chi connectivity index (χ4n) is 1.90. The van der Waals surface area contributed by atoms with Crippen LogP contribution in [0.1, 0.15) is 20.8 Å². The molecule has 1 saturated heterocycles. The molecule has 1 atom stereocenters. The Labute approximate surface area is 80.7 Å². The molecule has 72 valence electrons. The topological polar surface area (TPSA) is 12.5 Å². The zero-order valence-electron chi connectivity index (χ0n) is 8.21. The van der Waals surface area contributed by atoms with Crippen molar-refractivity contribution in [2.24, 2.45) is 0 Å². The molecule has 1 aliphatic rings. The van der Waals surface area contributed by atoms with Gasteiger partial charge in [0.25, 0.3) is 0 Å². The van der Waals surface area contributed by atoms with Crippen LogP contribution < -0.4 is 0 Å². The molecule has 0 aromatic heterocycles. The molecule has 0 aliphatic carbocycles. The minimum atomic E-state index is 0.0145. The van der Waals surface area contributed by atoms with E-state index in [1.165, 1.54) is 0 Å².